The van der Waals surface area contributed by atoms with Gasteiger partial charge in [-0.3, -0.25) is 4.79 Å². The van der Waals surface area contributed by atoms with Crippen molar-refractivity contribution in [3.05, 3.63) is 0 Å². The largest absolute Gasteiger partial charge is 0.481 e. The Labute approximate surface area is 121 Å². The number of carboxylic acid groups (broad SMARTS) is 1. The van der Waals surface area contributed by atoms with E-state index < -0.39 is 27.1 Å². The van der Waals surface area contributed by atoms with Gasteiger partial charge in [0.2, 0.25) is 0 Å². The molecule has 0 spiro atoms. The number of nitrogens with one attached hydrogen (secondary N) is 1. The van der Waals surface area contributed by atoms with Crippen molar-refractivity contribution in [2.75, 3.05) is 6.54 Å². The molecule has 0 aliphatic carbocycles. The van der Waals surface area contributed by atoms with Crippen molar-refractivity contribution in [3.63, 3.8) is 0 Å². The van der Waals surface area contributed by atoms with Gasteiger partial charge in [0.25, 0.3) is 10.2 Å². The SMILES string of the molecule is CC1CCCCN1S(=O)(=O)NC(C)(C)C(C)(C)C(=O)O. The molecule has 2 N–H and O–H groups in total. The molecular formula is C13H26N2O4S. The van der Waals surface area contributed by atoms with Crippen molar-refractivity contribution in [1.29, 1.82) is 0 Å². The molecule has 20 heavy (non-hydrogen) atoms. The topological polar surface area (TPSA) is 86.7 Å². The minimum absolute atomic E-state index is 0.0509. The molecule has 0 bridgehead atoms. The maximum atomic E-state index is 12.5. The van der Waals surface area contributed by atoms with Gasteiger partial charge in [-0.2, -0.15) is 17.4 Å². The molecule has 0 aromatic heterocycles. The van der Waals surface area contributed by atoms with Crippen LogP contribution in [0.1, 0.15) is 53.9 Å². The molecule has 118 valence electrons. The van der Waals surface area contributed by atoms with Crippen molar-refractivity contribution in [1.82, 2.24) is 9.03 Å². The maximum Gasteiger partial charge on any atom is 0.310 e. The standard InChI is InChI=1S/C13H26N2O4S/c1-10-8-6-7-9-15(10)20(18,19)14-13(4,5)12(2,3)11(16)17/h10,14H,6-9H2,1-5H3,(H,16,17). The molecule has 0 radical (unpaired) electrons. The molecule has 0 amide bonds. The second-order valence-electron chi connectivity index (χ2n) is 6.62. The third-order valence-corrected chi connectivity index (χ3v) is 6.46. The van der Waals surface area contributed by atoms with Crippen LogP contribution in [0.5, 0.6) is 0 Å². The van der Waals surface area contributed by atoms with Crippen LogP contribution in [0, 0.1) is 5.41 Å². The number of hydrogen-bond donors (Lipinski definition) is 2. The molecule has 1 heterocycles. The normalized spacial score (nSPS) is 22.8. The zero-order valence-corrected chi connectivity index (χ0v) is 13.7. The predicted molar refractivity (Wildman–Crippen MR) is 77.6 cm³/mol. The highest BCUT2D eigenvalue weighted by Gasteiger charge is 2.47. The van der Waals surface area contributed by atoms with Crippen molar-refractivity contribution in [2.24, 2.45) is 5.41 Å². The third-order valence-electron chi connectivity index (χ3n) is 4.53. The van der Waals surface area contributed by atoms with Gasteiger partial charge in [0.15, 0.2) is 0 Å². The number of nitrogens with zero attached hydrogens (tertiary/aromatic N) is 1. The molecule has 1 aliphatic rings. The van der Waals surface area contributed by atoms with Crippen LogP contribution in [0.4, 0.5) is 0 Å². The number of hydrogen-bond acceptors (Lipinski definition) is 3. The Morgan fingerprint density at radius 3 is 2.25 bits per heavy atom. The first kappa shape index (κ1) is 17.4. The van der Waals surface area contributed by atoms with E-state index in [1.165, 1.54) is 18.2 Å². The fourth-order valence-corrected chi connectivity index (χ4v) is 4.17. The Morgan fingerprint density at radius 2 is 1.80 bits per heavy atom. The average Bonchev–Trinajstić information content (AvgIpc) is 2.27. The zero-order chi connectivity index (χ0) is 15.8. The Kier molecular flexibility index (Phi) is 4.88. The van der Waals surface area contributed by atoms with Crippen LogP contribution in [0.25, 0.3) is 0 Å². The minimum Gasteiger partial charge on any atom is -0.481 e. The average molecular weight is 306 g/mol. The van der Waals surface area contributed by atoms with Gasteiger partial charge in [0, 0.05) is 18.1 Å². The Balaban J connectivity index is 2.98. The van der Waals surface area contributed by atoms with Gasteiger partial charge in [0.05, 0.1) is 5.41 Å². The van der Waals surface area contributed by atoms with Gasteiger partial charge >= 0.3 is 5.97 Å². The number of carbonyl (C=O) groups is 1. The van der Waals surface area contributed by atoms with E-state index in [1.54, 1.807) is 13.8 Å². The fraction of sp³-hybridized carbons (Fsp3) is 0.923. The number of aliphatic carboxylic acids is 1. The third kappa shape index (κ3) is 3.32. The van der Waals surface area contributed by atoms with Gasteiger partial charge in [-0.15, -0.1) is 0 Å². The lowest BCUT2D eigenvalue weighted by Crippen LogP contribution is -2.61. The first-order chi connectivity index (χ1) is 8.92. The first-order valence-corrected chi connectivity index (χ1v) is 8.40. The Bertz CT molecular complexity index is 471. The zero-order valence-electron chi connectivity index (χ0n) is 12.9. The van der Waals surface area contributed by atoms with Crippen LogP contribution in [-0.4, -0.2) is 41.9 Å². The molecule has 7 heteroatoms. The molecule has 1 saturated heterocycles. The lowest BCUT2D eigenvalue weighted by molar-refractivity contribution is -0.150. The van der Waals surface area contributed by atoms with Crippen molar-refractivity contribution in [3.8, 4) is 0 Å². The summed E-state index contributed by atoms with van der Waals surface area (Å²) in [5.74, 6) is -1.03. The van der Waals surface area contributed by atoms with Crippen LogP contribution in [0.2, 0.25) is 0 Å². The van der Waals surface area contributed by atoms with E-state index in [2.05, 4.69) is 4.72 Å². The Morgan fingerprint density at radius 1 is 1.25 bits per heavy atom. The van der Waals surface area contributed by atoms with E-state index in [4.69, 9.17) is 0 Å². The van der Waals surface area contributed by atoms with E-state index in [9.17, 15) is 18.3 Å². The van der Waals surface area contributed by atoms with E-state index in [0.29, 0.717) is 6.54 Å². The lowest BCUT2D eigenvalue weighted by atomic mass is 9.75. The maximum absolute atomic E-state index is 12.5. The molecule has 1 aliphatic heterocycles. The fourth-order valence-electron chi connectivity index (χ4n) is 2.20. The highest BCUT2D eigenvalue weighted by Crippen LogP contribution is 2.32. The Hall–Kier alpha value is -0.660. The molecule has 1 unspecified atom stereocenters. The number of rotatable bonds is 5. The van der Waals surface area contributed by atoms with Crippen molar-refractivity contribution in [2.45, 2.75) is 65.5 Å². The van der Waals surface area contributed by atoms with Gasteiger partial charge in [-0.25, -0.2) is 0 Å². The number of piperidine rings is 1. The van der Waals surface area contributed by atoms with E-state index in [1.807, 2.05) is 6.92 Å². The molecule has 0 aromatic rings. The summed E-state index contributed by atoms with van der Waals surface area (Å²) < 4.78 is 29.0. The summed E-state index contributed by atoms with van der Waals surface area (Å²) in [5, 5.41) is 9.29. The van der Waals surface area contributed by atoms with Crippen LogP contribution in [0.3, 0.4) is 0 Å². The van der Waals surface area contributed by atoms with Crippen molar-refractivity contribution >= 4 is 16.2 Å². The highest BCUT2D eigenvalue weighted by atomic mass is 32.2. The van der Waals surface area contributed by atoms with E-state index >= 15 is 0 Å². The second kappa shape index (κ2) is 5.61. The van der Waals surface area contributed by atoms with E-state index in [0.717, 1.165) is 19.3 Å². The molecule has 1 fully saturated rings. The molecule has 1 rings (SSSR count). The molecule has 6 nitrogen and oxygen atoms in total. The summed E-state index contributed by atoms with van der Waals surface area (Å²) in [6.45, 7) is 8.63. The van der Waals surface area contributed by atoms with Gasteiger partial charge in [0.1, 0.15) is 0 Å². The quantitative estimate of drug-likeness (QED) is 0.807. The van der Waals surface area contributed by atoms with Crippen molar-refractivity contribution < 1.29 is 18.3 Å². The summed E-state index contributed by atoms with van der Waals surface area (Å²) in [7, 11) is -3.69. The first-order valence-electron chi connectivity index (χ1n) is 6.96. The summed E-state index contributed by atoms with van der Waals surface area (Å²) in [4.78, 5) is 11.3. The van der Waals surface area contributed by atoms with Crippen LogP contribution >= 0.6 is 0 Å². The summed E-state index contributed by atoms with van der Waals surface area (Å²) in [5.41, 5.74) is -2.30. The lowest BCUT2D eigenvalue weighted by Gasteiger charge is -2.41. The highest BCUT2D eigenvalue weighted by molar-refractivity contribution is 7.87. The predicted octanol–water partition coefficient (Wildman–Crippen LogP) is 1.58. The molecular weight excluding hydrogens is 280 g/mol. The minimum atomic E-state index is -3.69. The summed E-state index contributed by atoms with van der Waals surface area (Å²) >= 11 is 0. The van der Waals surface area contributed by atoms with Gasteiger partial charge < -0.3 is 5.11 Å². The monoisotopic (exact) mass is 306 g/mol. The van der Waals surface area contributed by atoms with Gasteiger partial charge in [-0.1, -0.05) is 6.42 Å². The van der Waals surface area contributed by atoms with Crippen LogP contribution in [-0.2, 0) is 15.0 Å². The van der Waals surface area contributed by atoms with Crippen LogP contribution < -0.4 is 4.72 Å². The molecule has 1 atom stereocenters. The molecule has 0 aromatic carbocycles. The van der Waals surface area contributed by atoms with E-state index in [-0.39, 0.29) is 6.04 Å². The summed E-state index contributed by atoms with van der Waals surface area (Å²) in [6.07, 6.45) is 2.70. The smallest absolute Gasteiger partial charge is 0.310 e. The second-order valence-corrected chi connectivity index (χ2v) is 8.24. The molecule has 0 saturated carbocycles. The van der Waals surface area contributed by atoms with Crippen LogP contribution in [0.15, 0.2) is 0 Å². The number of carboxylic acids is 1. The summed E-state index contributed by atoms with van der Waals surface area (Å²) in [6, 6.07) is -0.0509. The van der Waals surface area contributed by atoms with Gasteiger partial charge in [-0.05, 0) is 47.5 Å².